The number of rotatable bonds is 9. The molecule has 0 N–H and O–H groups in total. The molecule has 0 radical (unpaired) electrons. The van der Waals surface area contributed by atoms with E-state index in [4.69, 9.17) is 37.8 Å². The van der Waals surface area contributed by atoms with Gasteiger partial charge in [0, 0.05) is 5.56 Å². The molecule has 0 saturated heterocycles. The lowest BCUT2D eigenvalue weighted by Crippen LogP contribution is -2.03. The van der Waals surface area contributed by atoms with E-state index in [1.165, 1.54) is 24.3 Å². The Morgan fingerprint density at radius 1 is 0.750 bits per heavy atom. The van der Waals surface area contributed by atoms with E-state index in [0.717, 1.165) is 33.8 Å². The van der Waals surface area contributed by atoms with E-state index in [9.17, 15) is 8.78 Å². The van der Waals surface area contributed by atoms with Crippen LogP contribution in [0.2, 0.25) is 10.0 Å². The summed E-state index contributed by atoms with van der Waals surface area (Å²) in [7, 11) is 0. The summed E-state index contributed by atoms with van der Waals surface area (Å²) in [5.74, 6) is 0.386. The van der Waals surface area contributed by atoms with Gasteiger partial charge in [0.15, 0.2) is 0 Å². The van der Waals surface area contributed by atoms with Crippen molar-refractivity contribution in [1.82, 2.24) is 9.78 Å². The van der Waals surface area contributed by atoms with E-state index in [1.54, 1.807) is 36.4 Å². The fourth-order valence-corrected chi connectivity index (χ4v) is 5.04. The molecule has 8 heteroatoms. The number of aromatic nitrogens is 2. The first-order valence-corrected chi connectivity index (χ1v) is 13.5. The Morgan fingerprint density at radius 3 is 1.85 bits per heavy atom. The topological polar surface area (TPSA) is 36.3 Å². The molecule has 204 valence electrons. The monoisotopic (exact) mass is 578 g/mol. The lowest BCUT2D eigenvalue weighted by Gasteiger charge is -2.13. The fourth-order valence-electron chi connectivity index (χ4n) is 4.58. The second-order valence-electron chi connectivity index (χ2n) is 9.27. The van der Waals surface area contributed by atoms with Gasteiger partial charge in [-0.1, -0.05) is 60.5 Å². The number of hydrogen-bond acceptors (Lipinski definition) is 3. The molecule has 4 nitrogen and oxygen atoms in total. The summed E-state index contributed by atoms with van der Waals surface area (Å²) in [6, 6.07) is 23.6. The largest absolute Gasteiger partial charge is 0.487 e. The maximum atomic E-state index is 13.5. The number of nitrogens with zero attached hydrogens (tertiary/aromatic N) is 2. The fraction of sp³-hybridized carbons (Fsp3) is 0.156. The summed E-state index contributed by atoms with van der Waals surface area (Å²) < 4.78 is 40.5. The first-order chi connectivity index (χ1) is 19.3. The maximum absolute atomic E-state index is 13.5. The Kier molecular flexibility index (Phi) is 8.38. The molecule has 0 saturated carbocycles. The van der Waals surface area contributed by atoms with E-state index in [1.807, 2.05) is 35.9 Å². The molecule has 0 atom stereocenters. The van der Waals surface area contributed by atoms with Crippen LogP contribution in [0.3, 0.4) is 0 Å². The van der Waals surface area contributed by atoms with Crippen molar-refractivity contribution in [2.45, 2.75) is 33.5 Å². The summed E-state index contributed by atoms with van der Waals surface area (Å²) in [5.41, 5.74) is 5.93. The molecule has 0 aliphatic rings. The van der Waals surface area contributed by atoms with Gasteiger partial charge in [-0.25, -0.2) is 13.5 Å². The zero-order valence-electron chi connectivity index (χ0n) is 21.9. The predicted molar refractivity (Wildman–Crippen MR) is 155 cm³/mol. The molecular weight excluding hydrogens is 553 g/mol. The number of halogens is 4. The molecule has 0 aliphatic heterocycles. The third kappa shape index (κ3) is 6.14. The molecule has 0 bridgehead atoms. The highest BCUT2D eigenvalue weighted by Gasteiger charge is 2.19. The number of aryl methyl sites for hydroxylation is 1. The lowest BCUT2D eigenvalue weighted by molar-refractivity contribution is 0.305. The molecule has 0 aliphatic carbocycles. The lowest BCUT2D eigenvalue weighted by atomic mass is 10.0. The SMILES string of the molecule is CCc1c(-c2ccc(OCc3cccc(F)c3)c(Cl)c2)c(C)nn1-c1ccc(OCc2cccc(F)c2)c(Cl)c1. The average molecular weight is 579 g/mol. The van der Waals surface area contributed by atoms with Crippen molar-refractivity contribution < 1.29 is 18.3 Å². The van der Waals surface area contributed by atoms with Gasteiger partial charge in [0.25, 0.3) is 0 Å². The van der Waals surface area contributed by atoms with Crippen molar-refractivity contribution in [3.05, 3.63) is 129 Å². The Balaban J connectivity index is 1.37. The first kappa shape index (κ1) is 27.7. The van der Waals surface area contributed by atoms with Crippen molar-refractivity contribution in [1.29, 1.82) is 0 Å². The van der Waals surface area contributed by atoms with Crippen LogP contribution < -0.4 is 9.47 Å². The van der Waals surface area contributed by atoms with Gasteiger partial charge >= 0.3 is 0 Å². The maximum Gasteiger partial charge on any atom is 0.138 e. The average Bonchev–Trinajstić information content (AvgIpc) is 3.27. The molecule has 5 aromatic rings. The van der Waals surface area contributed by atoms with Crippen LogP contribution in [0.4, 0.5) is 8.78 Å². The van der Waals surface area contributed by atoms with Gasteiger partial charge in [-0.3, -0.25) is 0 Å². The van der Waals surface area contributed by atoms with Gasteiger partial charge in [0.05, 0.1) is 27.1 Å². The zero-order chi connectivity index (χ0) is 28.2. The van der Waals surface area contributed by atoms with E-state index in [0.29, 0.717) is 33.5 Å². The van der Waals surface area contributed by atoms with Crippen LogP contribution in [0.15, 0.2) is 84.9 Å². The zero-order valence-corrected chi connectivity index (χ0v) is 23.4. The molecule has 4 aromatic carbocycles. The number of benzene rings is 4. The van der Waals surface area contributed by atoms with Crippen molar-refractivity contribution in [3.63, 3.8) is 0 Å². The second-order valence-corrected chi connectivity index (χ2v) is 10.1. The van der Waals surface area contributed by atoms with Crippen molar-refractivity contribution >= 4 is 23.2 Å². The Labute approximate surface area is 241 Å². The summed E-state index contributed by atoms with van der Waals surface area (Å²) in [6.45, 7) is 4.42. The van der Waals surface area contributed by atoms with Crippen LogP contribution in [0.5, 0.6) is 11.5 Å². The molecular formula is C32H26Cl2F2N2O2. The standard InChI is InChI=1S/C32H26Cl2F2N2O2/c1-3-29-32(23-10-12-30(27(33)16-23)39-18-21-6-4-8-24(35)14-21)20(2)37-38(29)26-11-13-31(28(34)17-26)40-19-22-7-5-9-25(36)15-22/h4-17H,3,18-19H2,1-2H3. The van der Waals surface area contributed by atoms with E-state index >= 15 is 0 Å². The smallest absolute Gasteiger partial charge is 0.138 e. The third-order valence-corrected chi connectivity index (χ3v) is 7.03. The van der Waals surface area contributed by atoms with Gasteiger partial charge < -0.3 is 9.47 Å². The molecule has 1 aromatic heterocycles. The van der Waals surface area contributed by atoms with E-state index in [2.05, 4.69) is 6.92 Å². The highest BCUT2D eigenvalue weighted by molar-refractivity contribution is 6.32. The normalized spacial score (nSPS) is 11.1. The van der Waals surface area contributed by atoms with Gasteiger partial charge in [-0.15, -0.1) is 0 Å². The van der Waals surface area contributed by atoms with Crippen molar-refractivity contribution in [3.8, 4) is 28.3 Å². The van der Waals surface area contributed by atoms with Crippen LogP contribution in [0.1, 0.15) is 29.4 Å². The van der Waals surface area contributed by atoms with Crippen LogP contribution in [-0.2, 0) is 19.6 Å². The van der Waals surface area contributed by atoms with Crippen LogP contribution in [0.25, 0.3) is 16.8 Å². The van der Waals surface area contributed by atoms with Gasteiger partial charge in [-0.2, -0.15) is 5.10 Å². The predicted octanol–water partition coefficient (Wildman–Crippen LogP) is 9.15. The highest BCUT2D eigenvalue weighted by Crippen LogP contribution is 2.36. The van der Waals surface area contributed by atoms with Crippen molar-refractivity contribution in [2.24, 2.45) is 0 Å². The highest BCUT2D eigenvalue weighted by atomic mass is 35.5. The van der Waals surface area contributed by atoms with E-state index < -0.39 is 0 Å². The minimum atomic E-state index is -0.313. The number of ether oxygens (including phenoxy) is 2. The third-order valence-electron chi connectivity index (χ3n) is 6.44. The first-order valence-electron chi connectivity index (χ1n) is 12.7. The molecule has 0 fully saturated rings. The Hall–Kier alpha value is -3.87. The molecule has 1 heterocycles. The summed E-state index contributed by atoms with van der Waals surface area (Å²) >= 11 is 13.2. The van der Waals surface area contributed by atoms with Crippen LogP contribution in [-0.4, -0.2) is 9.78 Å². The molecule has 40 heavy (non-hydrogen) atoms. The van der Waals surface area contributed by atoms with Crippen LogP contribution in [0, 0.1) is 18.6 Å². The minimum Gasteiger partial charge on any atom is -0.487 e. The molecule has 5 rings (SSSR count). The summed E-state index contributed by atoms with van der Waals surface area (Å²) in [4.78, 5) is 0. The second kappa shape index (κ2) is 12.1. The minimum absolute atomic E-state index is 0.199. The Morgan fingerprint density at radius 2 is 1.32 bits per heavy atom. The van der Waals surface area contributed by atoms with Gasteiger partial charge in [0.2, 0.25) is 0 Å². The van der Waals surface area contributed by atoms with Gasteiger partial charge in [0.1, 0.15) is 36.3 Å². The van der Waals surface area contributed by atoms with E-state index in [-0.39, 0.29) is 24.8 Å². The summed E-state index contributed by atoms with van der Waals surface area (Å²) in [5, 5.41) is 5.68. The molecule has 0 spiro atoms. The quantitative estimate of drug-likeness (QED) is 0.175. The molecule has 0 amide bonds. The van der Waals surface area contributed by atoms with Crippen molar-refractivity contribution in [2.75, 3.05) is 0 Å². The van der Waals surface area contributed by atoms with Gasteiger partial charge in [-0.05, 0) is 84.6 Å². The van der Waals surface area contributed by atoms with Crippen LogP contribution >= 0.6 is 23.2 Å². The molecule has 0 unspecified atom stereocenters. The number of hydrogen-bond donors (Lipinski definition) is 0. The Bertz CT molecular complexity index is 1670. The summed E-state index contributed by atoms with van der Waals surface area (Å²) in [6.07, 6.45) is 0.709.